The molecule has 0 radical (unpaired) electrons. The molecule has 1 heterocycles. The number of methoxy groups -OCH3 is 1. The van der Waals surface area contributed by atoms with Crippen LogP contribution >= 0.6 is 0 Å². The number of aromatic nitrogens is 1. The molecule has 6 heteroatoms. The SMILES string of the molecule is COc1ccc2ccc(OCCNCC(O)COc3cccc4[nH]c5ccccc5c34)cc2c1. The molecule has 0 aliphatic rings. The third-order valence-corrected chi connectivity index (χ3v) is 5.87. The number of aliphatic hydroxyl groups is 1. The summed E-state index contributed by atoms with van der Waals surface area (Å²) < 4.78 is 17.1. The molecule has 174 valence electrons. The minimum Gasteiger partial charge on any atom is -0.497 e. The van der Waals surface area contributed by atoms with Gasteiger partial charge in [0.15, 0.2) is 0 Å². The number of hydrogen-bond donors (Lipinski definition) is 3. The highest BCUT2D eigenvalue weighted by atomic mass is 16.5. The van der Waals surface area contributed by atoms with E-state index in [2.05, 4.69) is 22.4 Å². The maximum absolute atomic E-state index is 10.4. The Morgan fingerprint density at radius 3 is 2.53 bits per heavy atom. The number of benzene rings is 4. The van der Waals surface area contributed by atoms with Gasteiger partial charge in [-0.1, -0.05) is 36.4 Å². The van der Waals surface area contributed by atoms with Gasteiger partial charge < -0.3 is 29.6 Å². The van der Waals surface area contributed by atoms with E-state index in [1.165, 1.54) is 0 Å². The fraction of sp³-hybridized carbons (Fsp3) is 0.214. The zero-order valence-corrected chi connectivity index (χ0v) is 19.1. The average molecular weight is 457 g/mol. The van der Waals surface area contributed by atoms with Crippen LogP contribution in [0.25, 0.3) is 32.6 Å². The molecule has 0 aliphatic carbocycles. The Hall–Kier alpha value is -3.74. The molecule has 6 nitrogen and oxygen atoms in total. The number of fused-ring (bicyclic) bond motifs is 4. The van der Waals surface area contributed by atoms with Gasteiger partial charge in [-0.15, -0.1) is 0 Å². The molecular weight excluding hydrogens is 428 g/mol. The van der Waals surface area contributed by atoms with Crippen LogP contribution in [0, 0.1) is 0 Å². The molecule has 0 saturated carbocycles. The van der Waals surface area contributed by atoms with Crippen LogP contribution in [0.4, 0.5) is 0 Å². The Morgan fingerprint density at radius 2 is 1.65 bits per heavy atom. The second kappa shape index (κ2) is 10.0. The first-order chi connectivity index (χ1) is 16.7. The first-order valence-electron chi connectivity index (χ1n) is 11.4. The zero-order valence-electron chi connectivity index (χ0n) is 19.1. The predicted octanol–water partition coefficient (Wildman–Crippen LogP) is 4.89. The van der Waals surface area contributed by atoms with Crippen molar-refractivity contribution in [2.45, 2.75) is 6.10 Å². The van der Waals surface area contributed by atoms with Gasteiger partial charge in [0.1, 0.15) is 36.6 Å². The number of aromatic amines is 1. The van der Waals surface area contributed by atoms with E-state index in [0.717, 1.165) is 49.8 Å². The standard InChI is InChI=1S/C28H28N2O4/c1-32-22-11-9-19-10-12-23(16-20(19)15-22)33-14-13-29-17-21(31)18-34-27-8-4-7-26-28(27)24-5-2-3-6-25(24)30-26/h2-12,15-16,21,29-31H,13-14,17-18H2,1H3. The van der Waals surface area contributed by atoms with Gasteiger partial charge >= 0.3 is 0 Å². The molecule has 0 aliphatic heterocycles. The van der Waals surface area contributed by atoms with Crippen LogP contribution in [0.15, 0.2) is 78.9 Å². The van der Waals surface area contributed by atoms with E-state index in [1.807, 2.05) is 66.7 Å². The van der Waals surface area contributed by atoms with E-state index in [0.29, 0.717) is 19.7 Å². The third kappa shape index (κ3) is 4.78. The molecule has 0 saturated heterocycles. The van der Waals surface area contributed by atoms with Crippen molar-refractivity contribution in [1.29, 1.82) is 0 Å². The van der Waals surface area contributed by atoms with Gasteiger partial charge in [-0.3, -0.25) is 0 Å². The van der Waals surface area contributed by atoms with Gasteiger partial charge in [-0.2, -0.15) is 0 Å². The lowest BCUT2D eigenvalue weighted by atomic mass is 10.1. The fourth-order valence-electron chi connectivity index (χ4n) is 4.16. The summed E-state index contributed by atoms with van der Waals surface area (Å²) in [6, 6.07) is 26.1. The molecule has 0 amide bonds. The lowest BCUT2D eigenvalue weighted by molar-refractivity contribution is 0.106. The maximum atomic E-state index is 10.4. The number of para-hydroxylation sites is 1. The molecule has 1 unspecified atom stereocenters. The molecular formula is C28H28N2O4. The average Bonchev–Trinajstić information content (AvgIpc) is 3.26. The van der Waals surface area contributed by atoms with E-state index < -0.39 is 6.10 Å². The summed E-state index contributed by atoms with van der Waals surface area (Å²) in [5.74, 6) is 2.40. The van der Waals surface area contributed by atoms with Gasteiger partial charge in [0.2, 0.25) is 0 Å². The van der Waals surface area contributed by atoms with E-state index in [1.54, 1.807) is 7.11 Å². The Labute approximate surface area is 198 Å². The summed E-state index contributed by atoms with van der Waals surface area (Å²) >= 11 is 0. The summed E-state index contributed by atoms with van der Waals surface area (Å²) in [7, 11) is 1.66. The van der Waals surface area contributed by atoms with Crippen molar-refractivity contribution >= 4 is 32.6 Å². The molecule has 34 heavy (non-hydrogen) atoms. The molecule has 3 N–H and O–H groups in total. The van der Waals surface area contributed by atoms with Crippen LogP contribution in [0.2, 0.25) is 0 Å². The van der Waals surface area contributed by atoms with E-state index in [4.69, 9.17) is 14.2 Å². The highest BCUT2D eigenvalue weighted by Gasteiger charge is 2.11. The summed E-state index contributed by atoms with van der Waals surface area (Å²) in [5, 5.41) is 18.0. The first kappa shape index (κ1) is 22.1. The number of H-pyrrole nitrogens is 1. The molecule has 1 atom stereocenters. The lowest BCUT2D eigenvalue weighted by Gasteiger charge is -2.14. The summed E-state index contributed by atoms with van der Waals surface area (Å²) in [6.07, 6.45) is -0.631. The minimum atomic E-state index is -0.631. The minimum absolute atomic E-state index is 0.207. The highest BCUT2D eigenvalue weighted by molar-refractivity contribution is 6.10. The molecule has 0 bridgehead atoms. The number of nitrogens with one attached hydrogen (secondary N) is 2. The summed E-state index contributed by atoms with van der Waals surface area (Å²) in [6.45, 7) is 1.74. The second-order valence-corrected chi connectivity index (χ2v) is 8.24. The number of ether oxygens (including phenoxy) is 3. The van der Waals surface area contributed by atoms with Crippen molar-refractivity contribution in [3.8, 4) is 17.2 Å². The van der Waals surface area contributed by atoms with Crippen molar-refractivity contribution in [3.05, 3.63) is 78.9 Å². The van der Waals surface area contributed by atoms with E-state index in [9.17, 15) is 5.11 Å². The van der Waals surface area contributed by atoms with Crippen molar-refractivity contribution in [2.24, 2.45) is 0 Å². The van der Waals surface area contributed by atoms with Crippen LogP contribution in [-0.2, 0) is 0 Å². The Morgan fingerprint density at radius 1 is 0.853 bits per heavy atom. The van der Waals surface area contributed by atoms with Crippen LogP contribution in [0.5, 0.6) is 17.2 Å². The molecule has 5 aromatic rings. The monoisotopic (exact) mass is 456 g/mol. The lowest BCUT2D eigenvalue weighted by Crippen LogP contribution is -2.33. The van der Waals surface area contributed by atoms with Crippen molar-refractivity contribution in [2.75, 3.05) is 33.4 Å². The van der Waals surface area contributed by atoms with Crippen LogP contribution in [-0.4, -0.2) is 49.6 Å². The molecule has 4 aromatic carbocycles. The predicted molar refractivity (Wildman–Crippen MR) is 136 cm³/mol. The molecule has 5 rings (SSSR count). The molecule has 1 aromatic heterocycles. The second-order valence-electron chi connectivity index (χ2n) is 8.24. The maximum Gasteiger partial charge on any atom is 0.129 e. The van der Waals surface area contributed by atoms with Gasteiger partial charge in [0.05, 0.1) is 12.6 Å². The van der Waals surface area contributed by atoms with Crippen LogP contribution in [0.3, 0.4) is 0 Å². The summed E-state index contributed by atoms with van der Waals surface area (Å²) in [4.78, 5) is 3.41. The third-order valence-electron chi connectivity index (χ3n) is 5.87. The largest absolute Gasteiger partial charge is 0.497 e. The Bertz CT molecular complexity index is 1410. The Kier molecular flexibility index (Phi) is 6.51. The molecule has 0 spiro atoms. The van der Waals surface area contributed by atoms with Crippen molar-refractivity contribution in [3.63, 3.8) is 0 Å². The van der Waals surface area contributed by atoms with E-state index in [-0.39, 0.29) is 6.61 Å². The van der Waals surface area contributed by atoms with Crippen molar-refractivity contribution in [1.82, 2.24) is 10.3 Å². The number of rotatable bonds is 10. The highest BCUT2D eigenvalue weighted by Crippen LogP contribution is 2.33. The van der Waals surface area contributed by atoms with Gasteiger partial charge in [-0.05, 0) is 53.2 Å². The number of aliphatic hydroxyl groups excluding tert-OH is 1. The quantitative estimate of drug-likeness (QED) is 0.261. The topological polar surface area (TPSA) is 75.7 Å². The number of hydrogen-bond acceptors (Lipinski definition) is 5. The first-order valence-corrected chi connectivity index (χ1v) is 11.4. The van der Waals surface area contributed by atoms with Crippen LogP contribution in [0.1, 0.15) is 0 Å². The normalized spacial score (nSPS) is 12.3. The van der Waals surface area contributed by atoms with Gasteiger partial charge in [-0.25, -0.2) is 0 Å². The molecule has 0 fully saturated rings. The Balaban J connectivity index is 1.09. The van der Waals surface area contributed by atoms with Gasteiger partial charge in [0, 0.05) is 29.4 Å². The smallest absolute Gasteiger partial charge is 0.129 e. The zero-order chi connectivity index (χ0) is 23.3. The van der Waals surface area contributed by atoms with Crippen molar-refractivity contribution < 1.29 is 19.3 Å². The van der Waals surface area contributed by atoms with Gasteiger partial charge in [0.25, 0.3) is 0 Å². The summed E-state index contributed by atoms with van der Waals surface area (Å²) in [5.41, 5.74) is 2.09. The fourth-order valence-corrected chi connectivity index (χ4v) is 4.16. The van der Waals surface area contributed by atoms with Crippen LogP contribution < -0.4 is 19.5 Å². The van der Waals surface area contributed by atoms with E-state index >= 15 is 0 Å².